The minimum atomic E-state index is -0.858. The molecule has 2 aromatic carbocycles. The van der Waals surface area contributed by atoms with Crippen molar-refractivity contribution in [1.29, 1.82) is 0 Å². The summed E-state index contributed by atoms with van der Waals surface area (Å²) < 4.78 is 31.2. The van der Waals surface area contributed by atoms with Crippen LogP contribution in [0.4, 0.5) is 14.5 Å². The van der Waals surface area contributed by atoms with Crippen LogP contribution in [0.25, 0.3) is 0 Å². The van der Waals surface area contributed by atoms with Crippen LogP contribution in [0.15, 0.2) is 42.5 Å². The molecule has 0 saturated carbocycles. The molecule has 0 heterocycles. The predicted octanol–water partition coefficient (Wildman–Crippen LogP) is 2.73. The van der Waals surface area contributed by atoms with Gasteiger partial charge in [0, 0.05) is 24.6 Å². The van der Waals surface area contributed by atoms with Crippen LogP contribution in [-0.2, 0) is 4.79 Å². The number of rotatable bonds is 6. The van der Waals surface area contributed by atoms with Crippen molar-refractivity contribution in [2.45, 2.75) is 6.42 Å². The van der Waals surface area contributed by atoms with E-state index >= 15 is 0 Å². The number of ether oxygens (including phenoxy) is 1. The van der Waals surface area contributed by atoms with Crippen molar-refractivity contribution in [1.82, 2.24) is 5.32 Å². The van der Waals surface area contributed by atoms with Crippen molar-refractivity contribution in [2.24, 2.45) is 0 Å². The maximum absolute atomic E-state index is 13.4. The van der Waals surface area contributed by atoms with Gasteiger partial charge in [-0.25, -0.2) is 8.78 Å². The molecule has 2 amide bonds. The zero-order valence-electron chi connectivity index (χ0n) is 12.9. The first-order valence-corrected chi connectivity index (χ1v) is 7.17. The van der Waals surface area contributed by atoms with Gasteiger partial charge in [-0.05, 0) is 30.3 Å². The molecule has 0 radical (unpaired) electrons. The van der Waals surface area contributed by atoms with Crippen molar-refractivity contribution in [3.8, 4) is 5.75 Å². The van der Waals surface area contributed by atoms with Gasteiger partial charge in [-0.1, -0.05) is 6.07 Å². The first-order valence-electron chi connectivity index (χ1n) is 7.17. The summed E-state index contributed by atoms with van der Waals surface area (Å²) in [5.74, 6) is -1.88. The maximum atomic E-state index is 13.4. The highest BCUT2D eigenvalue weighted by molar-refractivity contribution is 5.95. The van der Waals surface area contributed by atoms with E-state index in [1.807, 2.05) is 0 Å². The standard InChI is InChI=1S/C17H16F2N2O3/c1-24-13-4-2-3-11(9-13)17(23)20-8-7-16(22)21-15-6-5-12(18)10-14(15)19/h2-6,9-10H,7-8H2,1H3,(H,20,23)(H,21,22). The molecule has 0 aliphatic heterocycles. The SMILES string of the molecule is COc1cccc(C(=O)NCCC(=O)Nc2ccc(F)cc2F)c1. The molecule has 0 spiro atoms. The van der Waals surface area contributed by atoms with Gasteiger partial charge in [0.1, 0.15) is 17.4 Å². The van der Waals surface area contributed by atoms with Crippen molar-refractivity contribution in [2.75, 3.05) is 19.0 Å². The lowest BCUT2D eigenvalue weighted by molar-refractivity contribution is -0.116. The van der Waals surface area contributed by atoms with E-state index in [9.17, 15) is 18.4 Å². The van der Waals surface area contributed by atoms with Crippen molar-refractivity contribution >= 4 is 17.5 Å². The summed E-state index contributed by atoms with van der Waals surface area (Å²) in [7, 11) is 1.50. The van der Waals surface area contributed by atoms with Gasteiger partial charge >= 0.3 is 0 Å². The molecule has 0 saturated heterocycles. The zero-order chi connectivity index (χ0) is 17.5. The molecule has 7 heteroatoms. The van der Waals surface area contributed by atoms with Crippen LogP contribution in [-0.4, -0.2) is 25.5 Å². The van der Waals surface area contributed by atoms with Crippen LogP contribution in [0, 0.1) is 11.6 Å². The third kappa shape index (κ3) is 4.77. The number of nitrogens with one attached hydrogen (secondary N) is 2. The number of benzene rings is 2. The average molecular weight is 334 g/mol. The summed E-state index contributed by atoms with van der Waals surface area (Å²) >= 11 is 0. The second-order valence-electron chi connectivity index (χ2n) is 4.91. The van der Waals surface area contributed by atoms with E-state index in [0.29, 0.717) is 17.4 Å². The van der Waals surface area contributed by atoms with E-state index in [0.717, 1.165) is 12.1 Å². The molecule has 2 N–H and O–H groups in total. The Morgan fingerprint density at radius 2 is 1.92 bits per heavy atom. The van der Waals surface area contributed by atoms with Crippen LogP contribution in [0.3, 0.4) is 0 Å². The smallest absolute Gasteiger partial charge is 0.251 e. The number of hydrogen-bond acceptors (Lipinski definition) is 3. The third-order valence-electron chi connectivity index (χ3n) is 3.17. The number of methoxy groups -OCH3 is 1. The van der Waals surface area contributed by atoms with Gasteiger partial charge < -0.3 is 15.4 Å². The minimum Gasteiger partial charge on any atom is -0.497 e. The molecule has 5 nitrogen and oxygen atoms in total. The number of carbonyl (C=O) groups excluding carboxylic acids is 2. The number of halogens is 2. The fraction of sp³-hybridized carbons (Fsp3) is 0.176. The summed E-state index contributed by atoms with van der Waals surface area (Å²) in [6, 6.07) is 9.44. The molecule has 0 aliphatic rings. The maximum Gasteiger partial charge on any atom is 0.251 e. The molecule has 0 atom stereocenters. The lowest BCUT2D eigenvalue weighted by atomic mass is 10.2. The molecule has 24 heavy (non-hydrogen) atoms. The fourth-order valence-corrected chi connectivity index (χ4v) is 1.96. The van der Waals surface area contributed by atoms with Gasteiger partial charge in [-0.2, -0.15) is 0 Å². The summed E-state index contributed by atoms with van der Waals surface area (Å²) in [6.07, 6.45) is -0.0491. The lowest BCUT2D eigenvalue weighted by Gasteiger charge is -2.08. The largest absolute Gasteiger partial charge is 0.497 e. The molecule has 2 aromatic rings. The molecular weight excluding hydrogens is 318 g/mol. The van der Waals surface area contributed by atoms with Gasteiger partial charge in [0.25, 0.3) is 5.91 Å². The molecule has 0 aromatic heterocycles. The van der Waals surface area contributed by atoms with Gasteiger partial charge in [0.15, 0.2) is 0 Å². The topological polar surface area (TPSA) is 67.4 Å². The van der Waals surface area contributed by atoms with E-state index in [4.69, 9.17) is 4.74 Å². The van der Waals surface area contributed by atoms with E-state index < -0.39 is 17.5 Å². The highest BCUT2D eigenvalue weighted by Crippen LogP contribution is 2.15. The Morgan fingerprint density at radius 1 is 1.12 bits per heavy atom. The van der Waals surface area contributed by atoms with E-state index in [1.165, 1.54) is 7.11 Å². The fourth-order valence-electron chi connectivity index (χ4n) is 1.96. The Morgan fingerprint density at radius 3 is 2.62 bits per heavy atom. The van der Waals surface area contributed by atoms with Crippen molar-refractivity contribution in [3.63, 3.8) is 0 Å². The quantitative estimate of drug-likeness (QED) is 0.853. The molecule has 126 valence electrons. The summed E-state index contributed by atoms with van der Waals surface area (Å²) in [6.45, 7) is 0.0741. The summed E-state index contributed by atoms with van der Waals surface area (Å²) in [5, 5.41) is 4.90. The number of amides is 2. The lowest BCUT2D eigenvalue weighted by Crippen LogP contribution is -2.27. The van der Waals surface area contributed by atoms with Crippen molar-refractivity contribution in [3.05, 3.63) is 59.7 Å². The van der Waals surface area contributed by atoms with Crippen LogP contribution in [0.1, 0.15) is 16.8 Å². The molecule has 0 unspecified atom stereocenters. The van der Waals surface area contributed by atoms with Crippen LogP contribution >= 0.6 is 0 Å². The molecular formula is C17H16F2N2O3. The van der Waals surface area contributed by atoms with Crippen LogP contribution in [0.5, 0.6) is 5.75 Å². The summed E-state index contributed by atoms with van der Waals surface area (Å²) in [5.41, 5.74) is 0.292. The Labute approximate surface area is 137 Å². The number of hydrogen-bond donors (Lipinski definition) is 2. The van der Waals surface area contributed by atoms with Crippen LogP contribution in [0.2, 0.25) is 0 Å². The normalized spacial score (nSPS) is 10.1. The Kier molecular flexibility index (Phi) is 5.83. The first kappa shape index (κ1) is 17.4. The second-order valence-corrected chi connectivity index (χ2v) is 4.91. The zero-order valence-corrected chi connectivity index (χ0v) is 12.9. The first-order chi connectivity index (χ1) is 11.5. The van der Waals surface area contributed by atoms with Crippen LogP contribution < -0.4 is 15.4 Å². The second kappa shape index (κ2) is 8.05. The van der Waals surface area contributed by atoms with Gasteiger partial charge in [-0.3, -0.25) is 9.59 Å². The van der Waals surface area contributed by atoms with E-state index in [2.05, 4.69) is 10.6 Å². The highest BCUT2D eigenvalue weighted by Gasteiger charge is 2.10. The average Bonchev–Trinajstić information content (AvgIpc) is 2.57. The summed E-state index contributed by atoms with van der Waals surface area (Å²) in [4.78, 5) is 23.7. The van der Waals surface area contributed by atoms with Crippen molar-refractivity contribution < 1.29 is 23.1 Å². The van der Waals surface area contributed by atoms with Gasteiger partial charge in [0.05, 0.1) is 12.8 Å². The Balaban J connectivity index is 1.82. The van der Waals surface area contributed by atoms with Gasteiger partial charge in [-0.15, -0.1) is 0 Å². The third-order valence-corrected chi connectivity index (χ3v) is 3.17. The monoisotopic (exact) mass is 334 g/mol. The number of anilines is 1. The molecule has 0 fully saturated rings. The number of carbonyl (C=O) groups is 2. The van der Waals surface area contributed by atoms with E-state index in [1.54, 1.807) is 24.3 Å². The Hall–Kier alpha value is -2.96. The minimum absolute atomic E-state index is 0.0491. The highest BCUT2D eigenvalue weighted by atomic mass is 19.1. The van der Waals surface area contributed by atoms with E-state index in [-0.39, 0.29) is 24.6 Å². The molecule has 0 aliphatic carbocycles. The molecule has 2 rings (SSSR count). The predicted molar refractivity (Wildman–Crippen MR) is 84.9 cm³/mol. The molecule has 0 bridgehead atoms. The van der Waals surface area contributed by atoms with Gasteiger partial charge in [0.2, 0.25) is 5.91 Å². The Bertz CT molecular complexity index is 750.